The maximum atomic E-state index is 13.1. The zero-order valence-electron chi connectivity index (χ0n) is 14.7. The molecule has 1 amide bonds. The number of nitrogens with zero attached hydrogens (tertiary/aromatic N) is 3. The maximum absolute atomic E-state index is 13.1. The lowest BCUT2D eigenvalue weighted by Gasteiger charge is -2.15. The summed E-state index contributed by atoms with van der Waals surface area (Å²) in [6.07, 6.45) is 2.40. The molecule has 0 aromatic heterocycles. The van der Waals surface area contributed by atoms with E-state index in [1.54, 1.807) is 23.2 Å². The van der Waals surface area contributed by atoms with E-state index in [4.69, 9.17) is 0 Å². The van der Waals surface area contributed by atoms with Gasteiger partial charge in [0.15, 0.2) is 5.17 Å². The molecule has 0 N–H and O–H groups in total. The Balaban J connectivity index is 1.78. The Morgan fingerprint density at radius 3 is 2.50 bits per heavy atom. The Kier molecular flexibility index (Phi) is 5.83. The molecular weight excluding hydrogens is 349 g/mol. The van der Waals surface area contributed by atoms with Crippen molar-refractivity contribution in [1.82, 2.24) is 4.90 Å². The molecule has 6 heteroatoms. The van der Waals surface area contributed by atoms with Gasteiger partial charge in [-0.15, -0.1) is 5.10 Å². The predicted molar refractivity (Wildman–Crippen MR) is 105 cm³/mol. The van der Waals surface area contributed by atoms with Crippen molar-refractivity contribution in [2.24, 2.45) is 10.2 Å². The van der Waals surface area contributed by atoms with Crippen LogP contribution in [0, 0.1) is 12.7 Å². The summed E-state index contributed by atoms with van der Waals surface area (Å²) < 4.78 is 13.1. The van der Waals surface area contributed by atoms with Crippen LogP contribution in [0.3, 0.4) is 0 Å². The minimum Gasteiger partial charge on any atom is -0.284 e. The Bertz CT molecular complexity index is 831. The van der Waals surface area contributed by atoms with E-state index in [0.29, 0.717) is 11.7 Å². The van der Waals surface area contributed by atoms with Gasteiger partial charge in [0.2, 0.25) is 5.91 Å². The molecule has 1 saturated heterocycles. The molecule has 26 heavy (non-hydrogen) atoms. The van der Waals surface area contributed by atoms with Crippen molar-refractivity contribution in [1.29, 1.82) is 0 Å². The van der Waals surface area contributed by atoms with Crippen LogP contribution in [0.25, 0.3) is 0 Å². The molecule has 1 aliphatic rings. The van der Waals surface area contributed by atoms with Crippen molar-refractivity contribution in [2.45, 2.75) is 32.1 Å². The van der Waals surface area contributed by atoms with E-state index in [1.165, 1.54) is 29.5 Å². The number of rotatable bonds is 5. The molecule has 2 aromatic carbocycles. The van der Waals surface area contributed by atoms with Crippen LogP contribution in [-0.2, 0) is 11.3 Å². The molecule has 3 rings (SSSR count). The standard InChI is InChI=1S/C20H20FN3OS/c1-3-18-19(25)24(13-16-8-10-17(21)11-9-16)20(26-18)23-22-12-15-6-4-14(2)5-7-15/h4-12,18H,3,13H2,1-2H3/b22-12+,23-20-. The fraction of sp³-hybridized carbons (Fsp3) is 0.250. The third-order valence-electron chi connectivity index (χ3n) is 4.07. The van der Waals surface area contributed by atoms with Crippen LogP contribution in [0.15, 0.2) is 58.7 Å². The van der Waals surface area contributed by atoms with Crippen molar-refractivity contribution < 1.29 is 9.18 Å². The second-order valence-electron chi connectivity index (χ2n) is 6.10. The van der Waals surface area contributed by atoms with Gasteiger partial charge in [-0.25, -0.2) is 4.39 Å². The molecular formula is C20H20FN3OS. The van der Waals surface area contributed by atoms with E-state index >= 15 is 0 Å². The largest absolute Gasteiger partial charge is 0.284 e. The lowest BCUT2D eigenvalue weighted by Crippen LogP contribution is -2.31. The Hall–Kier alpha value is -2.47. The maximum Gasteiger partial charge on any atom is 0.242 e. The molecule has 4 nitrogen and oxygen atoms in total. The first-order valence-corrected chi connectivity index (χ1v) is 9.35. The number of benzene rings is 2. The van der Waals surface area contributed by atoms with E-state index in [1.807, 2.05) is 38.1 Å². The van der Waals surface area contributed by atoms with Crippen molar-refractivity contribution in [3.05, 3.63) is 71.0 Å². The summed E-state index contributed by atoms with van der Waals surface area (Å²) in [5.41, 5.74) is 2.99. The molecule has 0 aliphatic carbocycles. The summed E-state index contributed by atoms with van der Waals surface area (Å²) in [4.78, 5) is 14.2. The van der Waals surface area contributed by atoms with Crippen LogP contribution in [-0.4, -0.2) is 27.4 Å². The molecule has 0 radical (unpaired) electrons. The summed E-state index contributed by atoms with van der Waals surface area (Å²) in [5.74, 6) is -0.273. The van der Waals surface area contributed by atoms with E-state index < -0.39 is 0 Å². The number of halogens is 1. The number of hydrogen-bond acceptors (Lipinski definition) is 4. The first-order chi connectivity index (χ1) is 12.6. The number of amidine groups is 1. The quantitative estimate of drug-likeness (QED) is 0.580. The number of hydrogen-bond donors (Lipinski definition) is 0. The minimum atomic E-state index is -0.293. The van der Waals surface area contributed by atoms with Crippen LogP contribution >= 0.6 is 11.8 Å². The molecule has 1 aliphatic heterocycles. The fourth-order valence-corrected chi connectivity index (χ4v) is 3.59. The third kappa shape index (κ3) is 4.38. The van der Waals surface area contributed by atoms with Crippen molar-refractivity contribution in [3.63, 3.8) is 0 Å². The van der Waals surface area contributed by atoms with Crippen LogP contribution in [0.4, 0.5) is 4.39 Å². The number of carbonyl (C=O) groups is 1. The number of amides is 1. The van der Waals surface area contributed by atoms with Gasteiger partial charge in [0.05, 0.1) is 18.0 Å². The second kappa shape index (κ2) is 8.27. The average molecular weight is 369 g/mol. The van der Waals surface area contributed by atoms with E-state index in [9.17, 15) is 9.18 Å². The summed E-state index contributed by atoms with van der Waals surface area (Å²) in [6.45, 7) is 4.37. The van der Waals surface area contributed by atoms with Crippen molar-refractivity contribution in [2.75, 3.05) is 0 Å². The monoisotopic (exact) mass is 369 g/mol. The van der Waals surface area contributed by atoms with Crippen LogP contribution in [0.2, 0.25) is 0 Å². The van der Waals surface area contributed by atoms with Crippen LogP contribution in [0.5, 0.6) is 0 Å². The van der Waals surface area contributed by atoms with Gasteiger partial charge in [0, 0.05) is 0 Å². The highest BCUT2D eigenvalue weighted by Crippen LogP contribution is 2.30. The lowest BCUT2D eigenvalue weighted by atomic mass is 10.2. The highest BCUT2D eigenvalue weighted by atomic mass is 32.2. The van der Waals surface area contributed by atoms with Gasteiger partial charge < -0.3 is 0 Å². The van der Waals surface area contributed by atoms with Gasteiger partial charge in [0.25, 0.3) is 0 Å². The van der Waals surface area contributed by atoms with Gasteiger partial charge in [-0.2, -0.15) is 5.10 Å². The minimum absolute atomic E-state index is 0.0195. The molecule has 1 atom stereocenters. The summed E-state index contributed by atoms with van der Waals surface area (Å²) in [7, 11) is 0. The SMILES string of the molecule is CCC1S/C(=N\N=C\c2ccc(C)cc2)N(Cc2ccc(F)cc2)C1=O. The molecule has 134 valence electrons. The molecule has 1 unspecified atom stereocenters. The van der Waals surface area contributed by atoms with Gasteiger partial charge in [0.1, 0.15) is 5.82 Å². The van der Waals surface area contributed by atoms with Crippen molar-refractivity contribution >= 4 is 29.1 Å². The Morgan fingerprint density at radius 2 is 1.85 bits per heavy atom. The van der Waals surface area contributed by atoms with E-state index in [-0.39, 0.29) is 17.0 Å². The van der Waals surface area contributed by atoms with Gasteiger partial charge in [-0.05, 0) is 36.6 Å². The summed E-state index contributed by atoms with van der Waals surface area (Å²) in [5, 5.41) is 8.84. The first kappa shape index (κ1) is 18.3. The molecule has 1 fully saturated rings. The van der Waals surface area contributed by atoms with Crippen LogP contribution < -0.4 is 0 Å². The molecule has 0 spiro atoms. The number of carbonyl (C=O) groups excluding carboxylic acids is 1. The molecule has 0 bridgehead atoms. The third-order valence-corrected chi connectivity index (χ3v) is 5.40. The first-order valence-electron chi connectivity index (χ1n) is 8.47. The molecule has 2 aromatic rings. The van der Waals surface area contributed by atoms with Gasteiger partial charge in [-0.1, -0.05) is 60.6 Å². The highest BCUT2D eigenvalue weighted by Gasteiger charge is 2.36. The van der Waals surface area contributed by atoms with Crippen LogP contribution in [0.1, 0.15) is 30.0 Å². The van der Waals surface area contributed by atoms with Crippen molar-refractivity contribution in [3.8, 4) is 0 Å². The summed E-state index contributed by atoms with van der Waals surface area (Å²) >= 11 is 1.43. The Morgan fingerprint density at radius 1 is 1.15 bits per heavy atom. The average Bonchev–Trinajstić information content (AvgIpc) is 2.94. The van der Waals surface area contributed by atoms with Gasteiger partial charge >= 0.3 is 0 Å². The Labute approximate surface area is 156 Å². The lowest BCUT2D eigenvalue weighted by molar-refractivity contribution is -0.126. The zero-order chi connectivity index (χ0) is 18.5. The second-order valence-corrected chi connectivity index (χ2v) is 7.27. The normalized spacial score (nSPS) is 19.0. The fourth-order valence-electron chi connectivity index (χ4n) is 2.56. The molecule has 0 saturated carbocycles. The van der Waals surface area contributed by atoms with E-state index in [2.05, 4.69) is 10.2 Å². The number of thioether (sulfide) groups is 1. The van der Waals surface area contributed by atoms with Gasteiger partial charge in [-0.3, -0.25) is 9.69 Å². The smallest absolute Gasteiger partial charge is 0.242 e. The summed E-state index contributed by atoms with van der Waals surface area (Å²) in [6, 6.07) is 14.1. The molecule has 1 heterocycles. The highest BCUT2D eigenvalue weighted by molar-refractivity contribution is 8.15. The predicted octanol–water partition coefficient (Wildman–Crippen LogP) is 4.38. The number of aryl methyl sites for hydroxylation is 1. The van der Waals surface area contributed by atoms with E-state index in [0.717, 1.165) is 17.5 Å². The zero-order valence-corrected chi connectivity index (χ0v) is 15.5. The topological polar surface area (TPSA) is 45.0 Å².